The Balaban J connectivity index is 0.00000277. The van der Waals surface area contributed by atoms with Crippen molar-refractivity contribution in [3.05, 3.63) is 156 Å². The van der Waals surface area contributed by atoms with E-state index in [1.807, 2.05) is 42.5 Å². The van der Waals surface area contributed by atoms with Crippen LogP contribution in [-0.4, -0.2) is 20.1 Å². The molecule has 4 aromatic carbocycles. The maximum Gasteiger partial charge on any atom is 0.124 e. The molecule has 0 bridgehead atoms. The van der Waals surface area contributed by atoms with Crippen molar-refractivity contribution in [2.24, 2.45) is 0 Å². The molecule has 0 spiro atoms. The van der Waals surface area contributed by atoms with E-state index in [1.54, 1.807) is 24.7 Å². The summed E-state index contributed by atoms with van der Waals surface area (Å²) >= 11 is 0. The van der Waals surface area contributed by atoms with Crippen molar-refractivity contribution in [2.45, 2.75) is 5.41 Å². The van der Waals surface area contributed by atoms with Crippen molar-refractivity contribution in [3.8, 4) is 39.4 Å². The van der Waals surface area contributed by atoms with Crippen molar-refractivity contribution in [3.63, 3.8) is 0 Å². The van der Waals surface area contributed by atoms with Gasteiger partial charge >= 0.3 is 0 Å². The molecule has 0 saturated heterocycles. The normalized spacial score (nSPS) is 12.7. The average molecular weight is 684 g/mol. The summed E-state index contributed by atoms with van der Waals surface area (Å²) in [5.74, 6) is 0.203. The molecular formula is C34H22N3OPt-. The van der Waals surface area contributed by atoms with E-state index in [4.69, 9.17) is 4.98 Å². The van der Waals surface area contributed by atoms with Crippen LogP contribution in [0.25, 0.3) is 33.6 Å². The molecule has 1 aliphatic rings. The van der Waals surface area contributed by atoms with Gasteiger partial charge < -0.3 is 10.1 Å². The maximum atomic E-state index is 10.6. The molecule has 0 amide bonds. The largest absolute Gasteiger partial charge is 0.507 e. The topological polar surface area (TPSA) is 58.9 Å². The van der Waals surface area contributed by atoms with Gasteiger partial charge in [0.2, 0.25) is 0 Å². The Morgan fingerprint density at radius 2 is 1.28 bits per heavy atom. The van der Waals surface area contributed by atoms with E-state index < -0.39 is 5.41 Å². The third kappa shape index (κ3) is 3.91. The number of phenolic OH excluding ortho intramolecular Hbond substituents is 1. The minimum absolute atomic E-state index is 0. The molecule has 2 aromatic heterocycles. The Kier molecular flexibility index (Phi) is 6.42. The summed E-state index contributed by atoms with van der Waals surface area (Å²) in [6, 6.07) is 40.3. The molecule has 0 radical (unpaired) electrons. The van der Waals surface area contributed by atoms with Gasteiger partial charge in [0.05, 0.1) is 16.8 Å². The third-order valence-corrected chi connectivity index (χ3v) is 7.30. The number of aromatic nitrogens is 3. The monoisotopic (exact) mass is 683 g/mol. The number of fused-ring (bicyclic) bond motifs is 3. The SMILES string of the molecule is Oc1ccccc1-c1cccc(C2(c3[c-]c(-c4cnccn4)ccc3)c3ccccc3-c3ccccc32)n1.[Pt]. The van der Waals surface area contributed by atoms with E-state index in [0.29, 0.717) is 11.3 Å². The number of nitrogens with zero attached hydrogens (tertiary/aromatic N) is 3. The van der Waals surface area contributed by atoms with Gasteiger partial charge in [-0.25, -0.2) is 0 Å². The molecule has 0 unspecified atom stereocenters. The molecule has 4 nitrogen and oxygen atoms in total. The van der Waals surface area contributed by atoms with Gasteiger partial charge in [0.15, 0.2) is 0 Å². The first-order chi connectivity index (χ1) is 18.8. The Bertz CT molecular complexity index is 1760. The summed E-state index contributed by atoms with van der Waals surface area (Å²) in [6.45, 7) is 0. The molecule has 5 heteroatoms. The van der Waals surface area contributed by atoms with E-state index >= 15 is 0 Å². The average Bonchev–Trinajstić information content (AvgIpc) is 3.29. The fraction of sp³-hybridized carbons (Fsp3) is 0.0294. The van der Waals surface area contributed by atoms with E-state index in [9.17, 15) is 5.11 Å². The number of phenols is 1. The molecule has 0 saturated carbocycles. The summed E-state index contributed by atoms with van der Waals surface area (Å²) in [5, 5.41) is 10.6. The second-order valence-electron chi connectivity index (χ2n) is 9.34. The number of hydrogen-bond donors (Lipinski definition) is 1. The Morgan fingerprint density at radius 1 is 0.615 bits per heavy atom. The predicted octanol–water partition coefficient (Wildman–Crippen LogP) is 7.07. The third-order valence-electron chi connectivity index (χ3n) is 7.30. The molecule has 0 fully saturated rings. The standard InChI is InChI=1S/C34H22N3O.Pt/c38-32-17-6-3-13-27(32)30-16-8-18-33(37-30)34(24-10-7-9-23(21-24)31-22-35-19-20-36-31)28-14-4-1-11-25(28)26-12-2-5-15-29(26)34;/h1-20,22,38H;/q-1;. The van der Waals surface area contributed by atoms with Crippen molar-refractivity contribution < 1.29 is 26.2 Å². The summed E-state index contributed by atoms with van der Waals surface area (Å²) in [4.78, 5) is 14.0. The zero-order valence-corrected chi connectivity index (χ0v) is 23.0. The zero-order valence-electron chi connectivity index (χ0n) is 20.7. The second kappa shape index (κ2) is 10.1. The molecular weight excluding hydrogens is 661 g/mol. The summed E-state index contributed by atoms with van der Waals surface area (Å²) < 4.78 is 0. The van der Waals surface area contributed by atoms with E-state index in [2.05, 4.69) is 76.7 Å². The second-order valence-corrected chi connectivity index (χ2v) is 9.34. The first-order valence-corrected chi connectivity index (χ1v) is 12.5. The summed E-state index contributed by atoms with van der Waals surface area (Å²) in [5.41, 5.74) is 8.81. The van der Waals surface area contributed by atoms with Crippen molar-refractivity contribution in [1.82, 2.24) is 15.0 Å². The zero-order chi connectivity index (χ0) is 25.5. The number of para-hydroxylation sites is 1. The molecule has 1 N–H and O–H groups in total. The van der Waals surface area contributed by atoms with Gasteiger partial charge in [0.1, 0.15) is 5.75 Å². The summed E-state index contributed by atoms with van der Waals surface area (Å²) in [7, 11) is 0. The first kappa shape index (κ1) is 24.9. The molecule has 0 atom stereocenters. The van der Waals surface area contributed by atoms with Crippen LogP contribution in [0.1, 0.15) is 22.4 Å². The smallest absolute Gasteiger partial charge is 0.124 e. The van der Waals surface area contributed by atoms with Crippen LogP contribution in [0, 0.1) is 6.07 Å². The number of aromatic hydroxyl groups is 1. The van der Waals surface area contributed by atoms with Crippen LogP contribution < -0.4 is 0 Å². The maximum absolute atomic E-state index is 10.6. The molecule has 39 heavy (non-hydrogen) atoms. The Morgan fingerprint density at radius 3 is 1.97 bits per heavy atom. The van der Waals surface area contributed by atoms with Crippen LogP contribution in [0.15, 0.2) is 128 Å². The molecule has 2 heterocycles. The fourth-order valence-corrected chi connectivity index (χ4v) is 5.70. The van der Waals surface area contributed by atoms with Gasteiger partial charge in [0, 0.05) is 50.9 Å². The van der Waals surface area contributed by atoms with Crippen molar-refractivity contribution in [1.29, 1.82) is 0 Å². The van der Waals surface area contributed by atoms with Gasteiger partial charge in [-0.15, -0.1) is 35.4 Å². The number of rotatable bonds is 4. The minimum Gasteiger partial charge on any atom is -0.507 e. The molecule has 0 aliphatic heterocycles. The predicted molar refractivity (Wildman–Crippen MR) is 149 cm³/mol. The molecule has 190 valence electrons. The van der Waals surface area contributed by atoms with Crippen molar-refractivity contribution in [2.75, 3.05) is 0 Å². The molecule has 6 aromatic rings. The van der Waals surface area contributed by atoms with Crippen LogP contribution in [0.3, 0.4) is 0 Å². The Labute approximate surface area is 241 Å². The van der Waals surface area contributed by atoms with E-state index in [1.165, 1.54) is 11.1 Å². The van der Waals surface area contributed by atoms with Crippen LogP contribution in [0.2, 0.25) is 0 Å². The quantitative estimate of drug-likeness (QED) is 0.202. The molecule has 1 aliphatic carbocycles. The van der Waals surface area contributed by atoms with E-state index in [-0.39, 0.29) is 26.8 Å². The van der Waals surface area contributed by atoms with Gasteiger partial charge in [-0.2, -0.15) is 0 Å². The van der Waals surface area contributed by atoms with Crippen molar-refractivity contribution >= 4 is 0 Å². The van der Waals surface area contributed by atoms with Gasteiger partial charge in [0.25, 0.3) is 0 Å². The van der Waals surface area contributed by atoms with E-state index in [0.717, 1.165) is 33.6 Å². The van der Waals surface area contributed by atoms with Crippen LogP contribution in [0.4, 0.5) is 0 Å². The van der Waals surface area contributed by atoms with Gasteiger partial charge in [-0.3, -0.25) is 9.97 Å². The van der Waals surface area contributed by atoms with Crippen LogP contribution >= 0.6 is 0 Å². The Hall–Kier alpha value is -4.40. The molecule has 7 rings (SSSR count). The number of pyridine rings is 1. The van der Waals surface area contributed by atoms with Gasteiger partial charge in [-0.1, -0.05) is 66.7 Å². The summed E-state index contributed by atoms with van der Waals surface area (Å²) in [6.07, 6.45) is 5.13. The van der Waals surface area contributed by atoms with Crippen LogP contribution in [0.5, 0.6) is 5.75 Å². The van der Waals surface area contributed by atoms with Gasteiger partial charge in [-0.05, 0) is 46.5 Å². The fourth-order valence-electron chi connectivity index (χ4n) is 5.70. The first-order valence-electron chi connectivity index (χ1n) is 12.5. The number of hydrogen-bond acceptors (Lipinski definition) is 4. The van der Waals surface area contributed by atoms with Crippen LogP contribution in [-0.2, 0) is 26.5 Å². The number of benzene rings is 4. The minimum atomic E-state index is -0.716.